The Morgan fingerprint density at radius 1 is 1.32 bits per heavy atom. The average molecular weight is 264 g/mol. The van der Waals surface area contributed by atoms with Crippen LogP contribution >= 0.6 is 0 Å². The molecule has 3 heteroatoms. The molecule has 0 saturated carbocycles. The zero-order chi connectivity index (χ0) is 14.0. The number of nitrogens with two attached hydrogens (primary N) is 1. The first-order valence-corrected chi connectivity index (χ1v) is 7.28. The lowest BCUT2D eigenvalue weighted by Gasteiger charge is -2.37. The summed E-state index contributed by atoms with van der Waals surface area (Å²) in [6.07, 6.45) is 3.36. The molecule has 0 bridgehead atoms. The smallest absolute Gasteiger partial charge is 0.123 e. The van der Waals surface area contributed by atoms with Crippen LogP contribution in [0.5, 0.6) is 0 Å². The lowest BCUT2D eigenvalue weighted by atomic mass is 9.92. The Balaban J connectivity index is 2.43. The molecule has 1 fully saturated rings. The molecule has 0 aliphatic carbocycles. The second-order valence-electron chi connectivity index (χ2n) is 5.94. The van der Waals surface area contributed by atoms with Crippen molar-refractivity contribution < 1.29 is 4.39 Å². The van der Waals surface area contributed by atoms with Gasteiger partial charge in [-0.1, -0.05) is 12.5 Å². The van der Waals surface area contributed by atoms with Crippen LogP contribution in [0.15, 0.2) is 18.2 Å². The molecule has 1 heterocycles. The second-order valence-corrected chi connectivity index (χ2v) is 5.94. The minimum absolute atomic E-state index is 0.0883. The van der Waals surface area contributed by atoms with Crippen molar-refractivity contribution in [3.8, 4) is 0 Å². The van der Waals surface area contributed by atoms with Crippen LogP contribution in [0.1, 0.15) is 50.3 Å². The standard InChI is InChI=1S/C16H25FN2/c1-11(2)19-9-5-4-6-15(18)16(19)14-10-13(17)8-7-12(14)3/h7-8,10-11,15-16H,4-6,9,18H2,1-3H3. The average Bonchev–Trinajstić information content (AvgIpc) is 2.54. The highest BCUT2D eigenvalue weighted by Gasteiger charge is 2.31. The van der Waals surface area contributed by atoms with Gasteiger partial charge in [-0.3, -0.25) is 4.90 Å². The highest BCUT2D eigenvalue weighted by atomic mass is 19.1. The van der Waals surface area contributed by atoms with E-state index in [-0.39, 0.29) is 17.9 Å². The van der Waals surface area contributed by atoms with Crippen LogP contribution in [-0.2, 0) is 0 Å². The first-order valence-electron chi connectivity index (χ1n) is 7.28. The Hall–Kier alpha value is -0.930. The molecular formula is C16H25FN2. The zero-order valence-corrected chi connectivity index (χ0v) is 12.2. The summed E-state index contributed by atoms with van der Waals surface area (Å²) in [6, 6.07) is 5.71. The number of hydrogen-bond acceptors (Lipinski definition) is 2. The molecule has 1 aliphatic rings. The molecular weight excluding hydrogens is 239 g/mol. The molecule has 1 aromatic carbocycles. The summed E-state index contributed by atoms with van der Waals surface area (Å²) in [5, 5.41) is 0. The van der Waals surface area contributed by atoms with Crippen LogP contribution < -0.4 is 5.73 Å². The summed E-state index contributed by atoms with van der Waals surface area (Å²) < 4.78 is 13.6. The monoisotopic (exact) mass is 264 g/mol. The third kappa shape index (κ3) is 3.15. The van der Waals surface area contributed by atoms with Crippen LogP contribution in [-0.4, -0.2) is 23.5 Å². The minimum atomic E-state index is -0.166. The Morgan fingerprint density at radius 3 is 2.74 bits per heavy atom. The van der Waals surface area contributed by atoms with Crippen molar-refractivity contribution in [2.24, 2.45) is 5.73 Å². The first kappa shape index (κ1) is 14.5. The van der Waals surface area contributed by atoms with Crippen molar-refractivity contribution in [2.45, 2.75) is 58.2 Å². The predicted octanol–water partition coefficient (Wildman–Crippen LogP) is 3.40. The molecule has 0 amide bonds. The molecule has 1 aliphatic heterocycles. The van der Waals surface area contributed by atoms with Crippen LogP contribution in [0, 0.1) is 12.7 Å². The van der Waals surface area contributed by atoms with E-state index >= 15 is 0 Å². The molecule has 0 radical (unpaired) electrons. The molecule has 2 atom stereocenters. The molecule has 106 valence electrons. The van der Waals surface area contributed by atoms with Crippen LogP contribution in [0.3, 0.4) is 0 Å². The summed E-state index contributed by atoms with van der Waals surface area (Å²) in [5.74, 6) is -0.166. The minimum Gasteiger partial charge on any atom is -0.326 e. The van der Waals surface area contributed by atoms with Gasteiger partial charge in [0, 0.05) is 12.1 Å². The molecule has 0 spiro atoms. The number of rotatable bonds is 2. The van der Waals surface area contributed by atoms with Crippen LogP contribution in [0.4, 0.5) is 4.39 Å². The van der Waals surface area contributed by atoms with E-state index in [0.717, 1.165) is 30.5 Å². The zero-order valence-electron chi connectivity index (χ0n) is 12.2. The van der Waals surface area contributed by atoms with Crippen molar-refractivity contribution in [1.82, 2.24) is 4.90 Å². The van der Waals surface area contributed by atoms with E-state index in [1.807, 2.05) is 13.0 Å². The Morgan fingerprint density at radius 2 is 2.05 bits per heavy atom. The lowest BCUT2D eigenvalue weighted by molar-refractivity contribution is 0.143. The van der Waals surface area contributed by atoms with Crippen molar-refractivity contribution in [2.75, 3.05) is 6.54 Å². The molecule has 2 nitrogen and oxygen atoms in total. The summed E-state index contributed by atoms with van der Waals surface area (Å²) in [7, 11) is 0. The quantitative estimate of drug-likeness (QED) is 0.887. The largest absolute Gasteiger partial charge is 0.326 e. The molecule has 2 N–H and O–H groups in total. The van der Waals surface area contributed by atoms with E-state index in [1.54, 1.807) is 6.07 Å². The van der Waals surface area contributed by atoms with Crippen LogP contribution in [0.2, 0.25) is 0 Å². The maximum Gasteiger partial charge on any atom is 0.123 e. The number of benzene rings is 1. The van der Waals surface area contributed by atoms with Gasteiger partial charge in [0.25, 0.3) is 0 Å². The van der Waals surface area contributed by atoms with E-state index in [2.05, 4.69) is 18.7 Å². The van der Waals surface area contributed by atoms with E-state index in [4.69, 9.17) is 5.73 Å². The molecule has 1 aromatic rings. The number of aryl methyl sites for hydroxylation is 1. The van der Waals surface area contributed by atoms with E-state index in [0.29, 0.717) is 6.04 Å². The van der Waals surface area contributed by atoms with Gasteiger partial charge in [-0.05, 0) is 63.4 Å². The summed E-state index contributed by atoms with van der Waals surface area (Å²) in [6.45, 7) is 7.48. The van der Waals surface area contributed by atoms with Gasteiger partial charge in [-0.15, -0.1) is 0 Å². The fourth-order valence-electron chi connectivity index (χ4n) is 3.14. The Labute approximate surface area is 115 Å². The fourth-order valence-corrected chi connectivity index (χ4v) is 3.14. The van der Waals surface area contributed by atoms with Gasteiger partial charge in [-0.25, -0.2) is 4.39 Å². The molecule has 1 saturated heterocycles. The highest BCUT2D eigenvalue weighted by molar-refractivity contribution is 5.31. The molecule has 2 rings (SSSR count). The Kier molecular flexibility index (Phi) is 4.58. The van der Waals surface area contributed by atoms with E-state index < -0.39 is 0 Å². The summed E-state index contributed by atoms with van der Waals surface area (Å²) in [5.41, 5.74) is 8.59. The second kappa shape index (κ2) is 6.02. The molecule has 19 heavy (non-hydrogen) atoms. The third-order valence-electron chi connectivity index (χ3n) is 4.19. The lowest BCUT2D eigenvalue weighted by Crippen LogP contribution is -2.43. The van der Waals surface area contributed by atoms with Gasteiger partial charge in [0.2, 0.25) is 0 Å². The van der Waals surface area contributed by atoms with E-state index in [9.17, 15) is 4.39 Å². The molecule has 0 aromatic heterocycles. The fraction of sp³-hybridized carbons (Fsp3) is 0.625. The van der Waals surface area contributed by atoms with E-state index in [1.165, 1.54) is 12.5 Å². The number of halogens is 1. The van der Waals surface area contributed by atoms with Gasteiger partial charge in [0.05, 0.1) is 6.04 Å². The summed E-state index contributed by atoms with van der Waals surface area (Å²) >= 11 is 0. The van der Waals surface area contributed by atoms with Crippen LogP contribution in [0.25, 0.3) is 0 Å². The number of nitrogens with zero attached hydrogens (tertiary/aromatic N) is 1. The Bertz CT molecular complexity index is 431. The number of likely N-dealkylation sites (tertiary alicyclic amines) is 1. The van der Waals surface area contributed by atoms with Gasteiger partial charge in [0.15, 0.2) is 0 Å². The van der Waals surface area contributed by atoms with Crippen molar-refractivity contribution >= 4 is 0 Å². The van der Waals surface area contributed by atoms with Gasteiger partial charge in [0.1, 0.15) is 5.82 Å². The predicted molar refractivity (Wildman–Crippen MR) is 77.5 cm³/mol. The number of hydrogen-bond donors (Lipinski definition) is 1. The third-order valence-corrected chi connectivity index (χ3v) is 4.19. The maximum absolute atomic E-state index is 13.6. The first-order chi connectivity index (χ1) is 9.00. The van der Waals surface area contributed by atoms with Gasteiger partial charge >= 0.3 is 0 Å². The topological polar surface area (TPSA) is 29.3 Å². The maximum atomic E-state index is 13.6. The normalized spacial score (nSPS) is 25.6. The highest BCUT2D eigenvalue weighted by Crippen LogP contribution is 2.33. The summed E-state index contributed by atoms with van der Waals surface area (Å²) in [4.78, 5) is 2.43. The van der Waals surface area contributed by atoms with Gasteiger partial charge < -0.3 is 5.73 Å². The van der Waals surface area contributed by atoms with Gasteiger partial charge in [-0.2, -0.15) is 0 Å². The van der Waals surface area contributed by atoms with Crippen molar-refractivity contribution in [3.63, 3.8) is 0 Å². The SMILES string of the molecule is Cc1ccc(F)cc1C1C(N)CCCCN1C(C)C. The van der Waals surface area contributed by atoms with Crippen molar-refractivity contribution in [3.05, 3.63) is 35.1 Å². The molecule has 2 unspecified atom stereocenters. The van der Waals surface area contributed by atoms with Crippen molar-refractivity contribution in [1.29, 1.82) is 0 Å².